The van der Waals surface area contributed by atoms with Crippen LogP contribution < -0.4 is 0 Å². The van der Waals surface area contributed by atoms with Gasteiger partial charge in [-0.05, 0) is 86.3 Å². The minimum atomic E-state index is -0.653. The van der Waals surface area contributed by atoms with Crippen LogP contribution >= 0.6 is 0 Å². The van der Waals surface area contributed by atoms with E-state index in [-0.39, 0.29) is 24.7 Å². The zero-order valence-corrected chi connectivity index (χ0v) is 23.6. The average molecular weight is 521 g/mol. The Morgan fingerprint density at radius 2 is 1.42 bits per heavy atom. The highest BCUT2D eigenvalue weighted by Crippen LogP contribution is 2.20. The molecular formula is C33H44O5. The molecule has 1 atom stereocenters. The first-order valence-corrected chi connectivity index (χ1v) is 13.6. The molecule has 0 heterocycles. The summed E-state index contributed by atoms with van der Waals surface area (Å²) < 4.78 is 10.6. The summed E-state index contributed by atoms with van der Waals surface area (Å²) in [5.74, 6) is -1.37. The van der Waals surface area contributed by atoms with Crippen molar-refractivity contribution in [1.82, 2.24) is 0 Å². The topological polar surface area (TPSA) is 72.8 Å². The molecule has 0 radical (unpaired) electrons. The number of carbonyl (C=O) groups excluding carboxylic acids is 2. The molecule has 0 aromatic heterocycles. The smallest absolute Gasteiger partial charge is 0.335 e. The molecule has 5 heteroatoms. The molecule has 2 rings (SSSR count). The number of ether oxygens (including phenoxy) is 2. The minimum Gasteiger partial charge on any atom is -0.462 e. The fourth-order valence-electron chi connectivity index (χ4n) is 4.38. The Morgan fingerprint density at radius 3 is 2.00 bits per heavy atom. The molecule has 0 aliphatic carbocycles. The van der Waals surface area contributed by atoms with Crippen LogP contribution in [0.25, 0.3) is 0 Å². The molecule has 1 N–H and O–H groups in total. The van der Waals surface area contributed by atoms with E-state index in [0.29, 0.717) is 12.0 Å². The van der Waals surface area contributed by atoms with Crippen LogP contribution in [-0.4, -0.2) is 36.9 Å². The lowest BCUT2D eigenvalue weighted by Crippen LogP contribution is -2.24. The van der Waals surface area contributed by atoms with Crippen molar-refractivity contribution in [1.29, 1.82) is 0 Å². The van der Waals surface area contributed by atoms with Crippen LogP contribution in [0.5, 0.6) is 0 Å². The highest BCUT2D eigenvalue weighted by Gasteiger charge is 2.18. The van der Waals surface area contributed by atoms with E-state index in [2.05, 4.69) is 70.3 Å². The molecule has 0 fully saturated rings. The van der Waals surface area contributed by atoms with Gasteiger partial charge in [0.15, 0.2) is 0 Å². The fourth-order valence-corrected chi connectivity index (χ4v) is 4.38. The van der Waals surface area contributed by atoms with E-state index >= 15 is 0 Å². The molecule has 0 saturated heterocycles. The second kappa shape index (κ2) is 15.9. The monoisotopic (exact) mass is 520 g/mol. The molecule has 0 bridgehead atoms. The maximum atomic E-state index is 12.0. The van der Waals surface area contributed by atoms with Gasteiger partial charge in [-0.15, -0.1) is 0 Å². The number of rotatable bonds is 16. The normalized spacial score (nSPS) is 11.6. The molecule has 0 amide bonds. The number of carbonyl (C=O) groups is 2. The summed E-state index contributed by atoms with van der Waals surface area (Å²) >= 11 is 0. The number of esters is 2. The third-order valence-corrected chi connectivity index (χ3v) is 6.80. The largest absolute Gasteiger partial charge is 0.462 e. The number of hydrogen-bond donors (Lipinski definition) is 1. The lowest BCUT2D eigenvalue weighted by molar-refractivity contribution is -0.144. The summed E-state index contributed by atoms with van der Waals surface area (Å²) in [7, 11) is 0. The highest BCUT2D eigenvalue weighted by atomic mass is 16.5. The lowest BCUT2D eigenvalue weighted by Gasteiger charge is -2.18. The molecule has 206 valence electrons. The van der Waals surface area contributed by atoms with Gasteiger partial charge in [-0.2, -0.15) is 0 Å². The molecule has 2 aromatic rings. The summed E-state index contributed by atoms with van der Waals surface area (Å²) in [5.41, 5.74) is 8.08. The van der Waals surface area contributed by atoms with E-state index < -0.39 is 18.5 Å². The van der Waals surface area contributed by atoms with Crippen LogP contribution in [0.1, 0.15) is 66.5 Å². The standard InChI is InChI=1S/C33H44O5/c1-7-8-9-10-30-14-11-27(17-24(30)4)12-15-31-16-13-28(18-25(31)5)19-29(21-37-32(35)23(2)3)22-38-33(36)26(6)20-34/h11,13-14,16-18,29,34H,2,6-10,12,15,19-22H2,1,3-5H3. The van der Waals surface area contributed by atoms with Crippen molar-refractivity contribution in [3.8, 4) is 0 Å². The van der Waals surface area contributed by atoms with Gasteiger partial charge in [0.1, 0.15) is 0 Å². The van der Waals surface area contributed by atoms with Crippen molar-refractivity contribution in [3.63, 3.8) is 0 Å². The van der Waals surface area contributed by atoms with Crippen molar-refractivity contribution in [3.05, 3.63) is 94.1 Å². The van der Waals surface area contributed by atoms with E-state index in [1.165, 1.54) is 47.1 Å². The van der Waals surface area contributed by atoms with Crippen LogP contribution in [0.2, 0.25) is 0 Å². The Balaban J connectivity index is 2.02. The number of hydrogen-bond acceptors (Lipinski definition) is 5. The summed E-state index contributed by atoms with van der Waals surface area (Å²) in [6.45, 7) is 14.9. The van der Waals surface area contributed by atoms with Gasteiger partial charge in [-0.1, -0.05) is 69.3 Å². The van der Waals surface area contributed by atoms with E-state index in [0.717, 1.165) is 24.8 Å². The van der Waals surface area contributed by atoms with Crippen molar-refractivity contribution in [2.75, 3.05) is 19.8 Å². The number of aliphatic hydroxyl groups is 1. The van der Waals surface area contributed by atoms with Crippen molar-refractivity contribution >= 4 is 11.9 Å². The van der Waals surface area contributed by atoms with Gasteiger partial charge in [0.05, 0.1) is 25.4 Å². The van der Waals surface area contributed by atoms with E-state index in [1.54, 1.807) is 6.92 Å². The van der Waals surface area contributed by atoms with Crippen molar-refractivity contribution in [2.45, 2.75) is 72.6 Å². The Hall–Kier alpha value is -3.18. The zero-order chi connectivity index (χ0) is 28.1. The van der Waals surface area contributed by atoms with Gasteiger partial charge in [0.25, 0.3) is 0 Å². The summed E-state index contributed by atoms with van der Waals surface area (Å²) in [6, 6.07) is 13.3. The molecule has 0 saturated carbocycles. The SMILES string of the molecule is C=C(C)C(=O)OCC(COC(=O)C(=C)CO)Cc1ccc(CCc2ccc(CCCCC)c(C)c2)c(C)c1. The number of aryl methyl sites for hydroxylation is 5. The van der Waals surface area contributed by atoms with Gasteiger partial charge in [-0.3, -0.25) is 0 Å². The van der Waals surface area contributed by atoms with Crippen LogP contribution in [0, 0.1) is 19.8 Å². The first-order chi connectivity index (χ1) is 18.1. The van der Waals surface area contributed by atoms with E-state index in [1.807, 2.05) is 0 Å². The van der Waals surface area contributed by atoms with Gasteiger partial charge in [0, 0.05) is 11.5 Å². The number of unbranched alkanes of at least 4 members (excludes halogenated alkanes) is 2. The number of aliphatic hydroxyl groups excluding tert-OH is 1. The Kier molecular flexibility index (Phi) is 13.0. The van der Waals surface area contributed by atoms with Crippen LogP contribution in [-0.2, 0) is 44.7 Å². The van der Waals surface area contributed by atoms with Gasteiger partial charge in [0.2, 0.25) is 0 Å². The van der Waals surface area contributed by atoms with Gasteiger partial charge < -0.3 is 14.6 Å². The fraction of sp³-hybridized carbons (Fsp3) is 0.455. The molecule has 1 unspecified atom stereocenters. The molecule has 0 aliphatic heterocycles. The molecule has 38 heavy (non-hydrogen) atoms. The molecular weight excluding hydrogens is 476 g/mol. The summed E-state index contributed by atoms with van der Waals surface area (Å²) in [6.07, 6.45) is 7.45. The van der Waals surface area contributed by atoms with Gasteiger partial charge >= 0.3 is 11.9 Å². The lowest BCUT2D eigenvalue weighted by atomic mass is 9.93. The molecule has 5 nitrogen and oxygen atoms in total. The van der Waals surface area contributed by atoms with Crippen LogP contribution in [0.4, 0.5) is 0 Å². The highest BCUT2D eigenvalue weighted by molar-refractivity contribution is 5.88. The molecule has 0 spiro atoms. The Bertz CT molecular complexity index is 1110. The third-order valence-electron chi connectivity index (χ3n) is 6.80. The first kappa shape index (κ1) is 31.0. The van der Waals surface area contributed by atoms with Crippen molar-refractivity contribution in [2.24, 2.45) is 5.92 Å². The van der Waals surface area contributed by atoms with E-state index in [4.69, 9.17) is 14.6 Å². The Labute approximate surface area is 228 Å². The second-order valence-corrected chi connectivity index (χ2v) is 10.3. The second-order valence-electron chi connectivity index (χ2n) is 10.3. The average Bonchev–Trinajstić information content (AvgIpc) is 2.89. The van der Waals surface area contributed by atoms with Crippen LogP contribution in [0.15, 0.2) is 60.7 Å². The third kappa shape index (κ3) is 10.3. The summed E-state index contributed by atoms with van der Waals surface area (Å²) in [4.78, 5) is 23.9. The predicted molar refractivity (Wildman–Crippen MR) is 153 cm³/mol. The van der Waals surface area contributed by atoms with Crippen LogP contribution in [0.3, 0.4) is 0 Å². The molecule has 2 aromatic carbocycles. The molecule has 0 aliphatic rings. The maximum Gasteiger partial charge on any atom is 0.335 e. The Morgan fingerprint density at radius 1 is 0.842 bits per heavy atom. The first-order valence-electron chi connectivity index (χ1n) is 13.6. The summed E-state index contributed by atoms with van der Waals surface area (Å²) in [5, 5.41) is 9.10. The number of benzene rings is 2. The quantitative estimate of drug-likeness (QED) is 0.162. The predicted octanol–water partition coefficient (Wildman–Crippen LogP) is 6.19. The maximum absolute atomic E-state index is 12.0. The minimum absolute atomic E-state index is 0.01000. The zero-order valence-electron chi connectivity index (χ0n) is 23.6. The van der Waals surface area contributed by atoms with Crippen molar-refractivity contribution < 1.29 is 24.2 Å². The van der Waals surface area contributed by atoms with E-state index in [9.17, 15) is 9.59 Å². The van der Waals surface area contributed by atoms with Gasteiger partial charge in [-0.25, -0.2) is 9.59 Å².